The minimum absolute atomic E-state index is 0.0378. The number of rotatable bonds is 6. The van der Waals surface area contributed by atoms with Crippen molar-refractivity contribution in [2.75, 3.05) is 13.7 Å². The average molecular weight is 345 g/mol. The SMILES string of the molecule is COc1ccc(C(=O)NNC(=O)COc2ccccc2[N+](=O)[O-])cc1. The summed E-state index contributed by atoms with van der Waals surface area (Å²) >= 11 is 0. The number of para-hydroxylation sites is 2. The minimum atomic E-state index is -0.667. The molecule has 0 saturated heterocycles. The normalized spacial score (nSPS) is 9.80. The van der Waals surface area contributed by atoms with E-state index in [-0.39, 0.29) is 11.4 Å². The molecule has 0 unspecified atom stereocenters. The highest BCUT2D eigenvalue weighted by atomic mass is 16.6. The predicted octanol–water partition coefficient (Wildman–Crippen LogP) is 1.44. The van der Waals surface area contributed by atoms with Gasteiger partial charge >= 0.3 is 5.69 Å². The van der Waals surface area contributed by atoms with Gasteiger partial charge in [0.2, 0.25) is 0 Å². The molecular formula is C16H15N3O6. The van der Waals surface area contributed by atoms with Crippen LogP contribution >= 0.6 is 0 Å². The van der Waals surface area contributed by atoms with Gasteiger partial charge in [-0.25, -0.2) is 0 Å². The quantitative estimate of drug-likeness (QED) is 0.604. The Bertz CT molecular complexity index is 776. The zero-order chi connectivity index (χ0) is 18.2. The maximum absolute atomic E-state index is 11.9. The van der Waals surface area contributed by atoms with E-state index in [9.17, 15) is 19.7 Å². The molecule has 0 saturated carbocycles. The Morgan fingerprint density at radius 1 is 1.08 bits per heavy atom. The van der Waals surface area contributed by atoms with Gasteiger partial charge in [-0.05, 0) is 30.3 Å². The highest BCUT2D eigenvalue weighted by molar-refractivity contribution is 5.95. The second-order valence-corrected chi connectivity index (χ2v) is 4.74. The van der Waals surface area contributed by atoms with E-state index in [0.717, 1.165) is 0 Å². The van der Waals surface area contributed by atoms with Crippen molar-refractivity contribution >= 4 is 17.5 Å². The monoisotopic (exact) mass is 345 g/mol. The molecule has 130 valence electrons. The van der Waals surface area contributed by atoms with Crippen molar-refractivity contribution in [1.82, 2.24) is 10.9 Å². The fourth-order valence-corrected chi connectivity index (χ4v) is 1.85. The zero-order valence-electron chi connectivity index (χ0n) is 13.2. The molecule has 2 N–H and O–H groups in total. The van der Waals surface area contributed by atoms with Crippen molar-refractivity contribution in [3.05, 3.63) is 64.2 Å². The molecule has 0 aliphatic rings. The molecule has 2 rings (SSSR count). The molecule has 2 aromatic carbocycles. The van der Waals surface area contributed by atoms with E-state index in [1.165, 1.54) is 37.4 Å². The number of nitrogens with zero attached hydrogens (tertiary/aromatic N) is 1. The number of methoxy groups -OCH3 is 1. The highest BCUT2D eigenvalue weighted by Gasteiger charge is 2.15. The summed E-state index contributed by atoms with van der Waals surface area (Å²) in [6, 6.07) is 11.9. The number of hydrazine groups is 1. The number of amides is 2. The Labute approximate surface area is 142 Å². The van der Waals surface area contributed by atoms with Gasteiger partial charge in [-0.3, -0.25) is 30.6 Å². The molecule has 0 aliphatic heterocycles. The molecule has 0 fully saturated rings. The molecule has 9 nitrogen and oxygen atoms in total. The van der Waals surface area contributed by atoms with Crippen LogP contribution in [-0.2, 0) is 4.79 Å². The largest absolute Gasteiger partial charge is 0.497 e. The lowest BCUT2D eigenvalue weighted by Gasteiger charge is -2.09. The van der Waals surface area contributed by atoms with Gasteiger partial charge in [0.05, 0.1) is 12.0 Å². The second kappa shape index (κ2) is 8.29. The van der Waals surface area contributed by atoms with Crippen LogP contribution in [0.5, 0.6) is 11.5 Å². The van der Waals surface area contributed by atoms with Crippen LogP contribution in [0.1, 0.15) is 10.4 Å². The number of hydrogen-bond acceptors (Lipinski definition) is 6. The molecule has 2 amide bonds. The van der Waals surface area contributed by atoms with Crippen molar-refractivity contribution in [3.8, 4) is 11.5 Å². The molecule has 0 heterocycles. The third-order valence-corrected chi connectivity index (χ3v) is 3.09. The lowest BCUT2D eigenvalue weighted by molar-refractivity contribution is -0.385. The first-order valence-corrected chi connectivity index (χ1v) is 7.10. The summed E-state index contributed by atoms with van der Waals surface area (Å²) in [6.07, 6.45) is 0. The summed E-state index contributed by atoms with van der Waals surface area (Å²) in [5, 5.41) is 10.8. The van der Waals surface area contributed by atoms with Crippen LogP contribution in [0.3, 0.4) is 0 Å². The summed E-state index contributed by atoms with van der Waals surface area (Å²) < 4.78 is 10.1. The van der Waals surface area contributed by atoms with Crippen molar-refractivity contribution < 1.29 is 24.0 Å². The van der Waals surface area contributed by atoms with E-state index in [0.29, 0.717) is 11.3 Å². The molecule has 9 heteroatoms. The molecule has 0 atom stereocenters. The highest BCUT2D eigenvalue weighted by Crippen LogP contribution is 2.25. The van der Waals surface area contributed by atoms with Gasteiger partial charge in [-0.1, -0.05) is 12.1 Å². The molecular weight excluding hydrogens is 330 g/mol. The van der Waals surface area contributed by atoms with E-state index in [2.05, 4.69) is 10.9 Å². The molecule has 2 aromatic rings. The molecule has 0 bridgehead atoms. The Hall–Kier alpha value is -3.62. The van der Waals surface area contributed by atoms with Gasteiger partial charge in [0.1, 0.15) is 5.75 Å². The topological polar surface area (TPSA) is 120 Å². The average Bonchev–Trinajstić information content (AvgIpc) is 2.64. The van der Waals surface area contributed by atoms with E-state index in [1.807, 2.05) is 0 Å². The molecule has 0 aliphatic carbocycles. The Morgan fingerprint density at radius 3 is 2.40 bits per heavy atom. The van der Waals surface area contributed by atoms with Crippen LogP contribution in [-0.4, -0.2) is 30.5 Å². The first-order chi connectivity index (χ1) is 12.0. The third-order valence-electron chi connectivity index (χ3n) is 3.09. The van der Waals surface area contributed by atoms with Gasteiger partial charge < -0.3 is 9.47 Å². The number of nitro groups is 1. The van der Waals surface area contributed by atoms with Crippen molar-refractivity contribution in [1.29, 1.82) is 0 Å². The van der Waals surface area contributed by atoms with Gasteiger partial charge in [-0.15, -0.1) is 0 Å². The van der Waals surface area contributed by atoms with Crippen LogP contribution in [0.2, 0.25) is 0 Å². The zero-order valence-corrected chi connectivity index (χ0v) is 13.2. The molecule has 0 aromatic heterocycles. The molecule has 0 spiro atoms. The molecule has 0 radical (unpaired) electrons. The van der Waals surface area contributed by atoms with Crippen molar-refractivity contribution in [3.63, 3.8) is 0 Å². The summed E-state index contributed by atoms with van der Waals surface area (Å²) in [7, 11) is 1.51. The Kier molecular flexibility index (Phi) is 5.88. The summed E-state index contributed by atoms with van der Waals surface area (Å²) in [5.74, 6) is -0.635. The lowest BCUT2D eigenvalue weighted by Crippen LogP contribution is -2.43. The van der Waals surface area contributed by atoms with Crippen molar-refractivity contribution in [2.24, 2.45) is 0 Å². The maximum atomic E-state index is 11.9. The summed E-state index contributed by atoms with van der Waals surface area (Å²) in [5.41, 5.74) is 4.45. The number of carbonyl (C=O) groups is 2. The van der Waals surface area contributed by atoms with E-state index < -0.39 is 23.3 Å². The van der Waals surface area contributed by atoms with E-state index >= 15 is 0 Å². The number of carbonyl (C=O) groups excluding carboxylic acids is 2. The van der Waals surface area contributed by atoms with Crippen LogP contribution in [0, 0.1) is 10.1 Å². The number of nitro benzene ring substituents is 1. The second-order valence-electron chi connectivity index (χ2n) is 4.74. The van der Waals surface area contributed by atoms with Gasteiger partial charge in [0.15, 0.2) is 12.4 Å². The fraction of sp³-hybridized carbons (Fsp3) is 0.125. The van der Waals surface area contributed by atoms with Gasteiger partial charge in [-0.2, -0.15) is 0 Å². The maximum Gasteiger partial charge on any atom is 0.310 e. The first-order valence-electron chi connectivity index (χ1n) is 7.10. The van der Waals surface area contributed by atoms with Crippen molar-refractivity contribution in [2.45, 2.75) is 0 Å². The third kappa shape index (κ3) is 4.93. The van der Waals surface area contributed by atoms with Crippen LogP contribution < -0.4 is 20.3 Å². The first kappa shape index (κ1) is 17.7. The number of nitrogens with one attached hydrogen (secondary N) is 2. The van der Waals surface area contributed by atoms with Crippen LogP contribution in [0.4, 0.5) is 5.69 Å². The summed E-state index contributed by atoms with van der Waals surface area (Å²) in [4.78, 5) is 33.8. The number of ether oxygens (including phenoxy) is 2. The standard InChI is InChI=1S/C16H15N3O6/c1-24-12-8-6-11(7-9-12)16(21)18-17-15(20)10-25-14-5-3-2-4-13(14)19(22)23/h2-9H,10H2,1H3,(H,17,20)(H,18,21). The van der Waals surface area contributed by atoms with E-state index in [4.69, 9.17) is 9.47 Å². The van der Waals surface area contributed by atoms with Crippen LogP contribution in [0.15, 0.2) is 48.5 Å². The van der Waals surface area contributed by atoms with Gasteiger partial charge in [0.25, 0.3) is 11.8 Å². The Morgan fingerprint density at radius 2 is 1.76 bits per heavy atom. The lowest BCUT2D eigenvalue weighted by atomic mass is 10.2. The number of hydrogen-bond donors (Lipinski definition) is 2. The van der Waals surface area contributed by atoms with Crippen LogP contribution in [0.25, 0.3) is 0 Å². The van der Waals surface area contributed by atoms with E-state index in [1.54, 1.807) is 18.2 Å². The minimum Gasteiger partial charge on any atom is -0.497 e. The fourth-order valence-electron chi connectivity index (χ4n) is 1.85. The van der Waals surface area contributed by atoms with Gasteiger partial charge in [0, 0.05) is 11.6 Å². The Balaban J connectivity index is 1.84. The molecule has 25 heavy (non-hydrogen) atoms. The number of benzene rings is 2. The predicted molar refractivity (Wildman–Crippen MR) is 87.2 cm³/mol. The summed E-state index contributed by atoms with van der Waals surface area (Å²) in [6.45, 7) is -0.492. The smallest absolute Gasteiger partial charge is 0.310 e.